The molecule has 0 amide bonds. The molecule has 228 valence electrons. The molecule has 0 bridgehead atoms. The molecule has 0 radical (unpaired) electrons. The molecule has 3 aliphatic carbocycles. The SMILES string of the molecule is CC1C2=CC=CC3=CC=CC(C32)C1C.CCC(C)c1ccc(O)cc1.CCC(C)c1ccc(OC(OC)C(C)C)cc1. The van der Waals surface area contributed by atoms with Crippen molar-refractivity contribution in [3.63, 3.8) is 0 Å². The average Bonchev–Trinajstić information content (AvgIpc) is 3.26. The number of benzene rings is 2. The zero-order valence-electron chi connectivity index (χ0n) is 27.4. The fourth-order valence-electron chi connectivity index (χ4n) is 5.97. The minimum absolute atomic E-state index is 0.176. The fourth-order valence-corrected chi connectivity index (χ4v) is 5.97. The van der Waals surface area contributed by atoms with Crippen LogP contribution >= 0.6 is 0 Å². The Morgan fingerprint density at radius 3 is 1.88 bits per heavy atom. The van der Waals surface area contributed by atoms with Crippen molar-refractivity contribution in [2.45, 2.75) is 86.4 Å². The number of methoxy groups -OCH3 is 1. The number of phenols is 1. The Bertz CT molecular complexity index is 1220. The van der Waals surface area contributed by atoms with Gasteiger partial charge in [0.25, 0.3) is 0 Å². The lowest BCUT2D eigenvalue weighted by Crippen LogP contribution is -2.24. The van der Waals surface area contributed by atoms with Gasteiger partial charge in [0.2, 0.25) is 6.29 Å². The fraction of sp³-hybridized carbons (Fsp3) is 0.487. The van der Waals surface area contributed by atoms with E-state index in [1.54, 1.807) is 24.8 Å². The highest BCUT2D eigenvalue weighted by Crippen LogP contribution is 2.52. The zero-order valence-corrected chi connectivity index (χ0v) is 27.4. The van der Waals surface area contributed by atoms with Crippen LogP contribution in [0.2, 0.25) is 0 Å². The molecule has 1 saturated carbocycles. The van der Waals surface area contributed by atoms with Gasteiger partial charge >= 0.3 is 0 Å². The van der Waals surface area contributed by atoms with Crippen molar-refractivity contribution < 1.29 is 14.6 Å². The summed E-state index contributed by atoms with van der Waals surface area (Å²) >= 11 is 0. The largest absolute Gasteiger partial charge is 0.508 e. The van der Waals surface area contributed by atoms with Crippen LogP contribution in [0.4, 0.5) is 0 Å². The van der Waals surface area contributed by atoms with Gasteiger partial charge in [-0.15, -0.1) is 0 Å². The van der Waals surface area contributed by atoms with Gasteiger partial charge in [-0.1, -0.05) is 122 Å². The summed E-state index contributed by atoms with van der Waals surface area (Å²) in [5.41, 5.74) is 5.83. The molecule has 5 rings (SSSR count). The molecule has 3 aliphatic rings. The van der Waals surface area contributed by atoms with E-state index in [0.29, 0.717) is 29.4 Å². The molecule has 42 heavy (non-hydrogen) atoms. The summed E-state index contributed by atoms with van der Waals surface area (Å²) in [6.07, 6.45) is 15.9. The molecular formula is C39H54O3. The Hall–Kier alpha value is -3.04. The Morgan fingerprint density at radius 2 is 1.36 bits per heavy atom. The number of aromatic hydroxyl groups is 1. The second-order valence-electron chi connectivity index (χ2n) is 12.5. The highest BCUT2D eigenvalue weighted by atomic mass is 16.7. The highest BCUT2D eigenvalue weighted by molar-refractivity contribution is 5.47. The van der Waals surface area contributed by atoms with Gasteiger partial charge in [0.1, 0.15) is 11.5 Å². The molecule has 7 atom stereocenters. The first-order valence-corrected chi connectivity index (χ1v) is 16.0. The molecule has 3 nitrogen and oxygen atoms in total. The van der Waals surface area contributed by atoms with Gasteiger partial charge in [-0.3, -0.25) is 0 Å². The van der Waals surface area contributed by atoms with Crippen molar-refractivity contribution >= 4 is 0 Å². The van der Waals surface area contributed by atoms with E-state index in [1.807, 2.05) is 24.3 Å². The number of hydrogen-bond donors (Lipinski definition) is 1. The first-order chi connectivity index (χ1) is 20.1. The summed E-state index contributed by atoms with van der Waals surface area (Å²) in [7, 11) is 1.68. The maximum absolute atomic E-state index is 9.01. The summed E-state index contributed by atoms with van der Waals surface area (Å²) in [4.78, 5) is 0. The van der Waals surface area contributed by atoms with E-state index in [2.05, 4.69) is 104 Å². The van der Waals surface area contributed by atoms with Crippen molar-refractivity contribution in [1.29, 1.82) is 0 Å². The minimum Gasteiger partial charge on any atom is -0.508 e. The van der Waals surface area contributed by atoms with Crippen molar-refractivity contribution in [3.05, 3.63) is 107 Å². The van der Waals surface area contributed by atoms with E-state index in [1.165, 1.54) is 16.7 Å². The van der Waals surface area contributed by atoms with Crippen LogP contribution in [0.15, 0.2) is 96.1 Å². The number of rotatable bonds is 8. The first-order valence-electron chi connectivity index (χ1n) is 16.0. The van der Waals surface area contributed by atoms with E-state index in [4.69, 9.17) is 14.6 Å². The van der Waals surface area contributed by atoms with E-state index >= 15 is 0 Å². The maximum Gasteiger partial charge on any atom is 0.201 e. The Labute approximate surface area is 256 Å². The summed E-state index contributed by atoms with van der Waals surface area (Å²) in [5.74, 6) is 5.76. The van der Waals surface area contributed by atoms with Crippen LogP contribution in [0, 0.1) is 29.6 Å². The predicted molar refractivity (Wildman–Crippen MR) is 178 cm³/mol. The maximum atomic E-state index is 9.01. The molecule has 1 fully saturated rings. The first kappa shape index (κ1) is 33.5. The quantitative estimate of drug-likeness (QED) is 0.321. The van der Waals surface area contributed by atoms with Gasteiger partial charge in [0.05, 0.1) is 0 Å². The molecule has 7 unspecified atom stereocenters. The number of allylic oxidation sites excluding steroid dienone is 8. The summed E-state index contributed by atoms with van der Waals surface area (Å²) < 4.78 is 11.1. The molecular weight excluding hydrogens is 516 g/mol. The van der Waals surface area contributed by atoms with Gasteiger partial charge in [-0.2, -0.15) is 0 Å². The number of phenolic OH excluding ortho intramolecular Hbond substituents is 1. The molecule has 0 aliphatic heterocycles. The van der Waals surface area contributed by atoms with E-state index in [-0.39, 0.29) is 6.29 Å². The molecule has 0 spiro atoms. The molecule has 1 N–H and O–H groups in total. The smallest absolute Gasteiger partial charge is 0.201 e. The molecule has 2 aromatic carbocycles. The zero-order chi connectivity index (χ0) is 30.8. The van der Waals surface area contributed by atoms with Gasteiger partial charge in [-0.25, -0.2) is 0 Å². The lowest BCUT2D eigenvalue weighted by molar-refractivity contribution is -0.0833. The lowest BCUT2D eigenvalue weighted by atomic mass is 9.79. The predicted octanol–water partition coefficient (Wildman–Crippen LogP) is 10.6. The van der Waals surface area contributed by atoms with Gasteiger partial charge in [0, 0.05) is 18.9 Å². The van der Waals surface area contributed by atoms with Gasteiger partial charge in [0.15, 0.2) is 0 Å². The monoisotopic (exact) mass is 570 g/mol. The molecule has 0 heterocycles. The van der Waals surface area contributed by atoms with Crippen molar-refractivity contribution in [1.82, 2.24) is 0 Å². The Balaban J connectivity index is 0.000000177. The average molecular weight is 571 g/mol. The van der Waals surface area contributed by atoms with E-state index in [0.717, 1.165) is 36.3 Å². The summed E-state index contributed by atoms with van der Waals surface area (Å²) in [5, 5.41) is 9.01. The van der Waals surface area contributed by atoms with Crippen LogP contribution in [0.3, 0.4) is 0 Å². The highest BCUT2D eigenvalue weighted by Gasteiger charge is 2.43. The summed E-state index contributed by atoms with van der Waals surface area (Å²) in [6.45, 7) is 17.7. The third kappa shape index (κ3) is 8.51. The second-order valence-corrected chi connectivity index (χ2v) is 12.5. The normalized spacial score (nSPS) is 23.8. The molecule has 3 heteroatoms. The van der Waals surface area contributed by atoms with Crippen LogP contribution in [0.25, 0.3) is 0 Å². The van der Waals surface area contributed by atoms with Crippen molar-refractivity contribution in [2.75, 3.05) is 7.11 Å². The van der Waals surface area contributed by atoms with Crippen LogP contribution in [-0.4, -0.2) is 18.5 Å². The number of ether oxygens (including phenoxy) is 2. The molecule has 2 aromatic rings. The topological polar surface area (TPSA) is 38.7 Å². The van der Waals surface area contributed by atoms with Crippen LogP contribution in [0.1, 0.15) is 91.2 Å². The van der Waals surface area contributed by atoms with Gasteiger partial charge in [-0.05, 0) is 83.4 Å². The molecule has 0 saturated heterocycles. The third-order valence-corrected chi connectivity index (χ3v) is 9.39. The number of hydrogen-bond acceptors (Lipinski definition) is 3. The van der Waals surface area contributed by atoms with E-state index in [9.17, 15) is 0 Å². The van der Waals surface area contributed by atoms with Crippen molar-refractivity contribution in [2.24, 2.45) is 29.6 Å². The van der Waals surface area contributed by atoms with E-state index < -0.39 is 0 Å². The second kappa shape index (κ2) is 16.0. The van der Waals surface area contributed by atoms with Crippen LogP contribution < -0.4 is 4.74 Å². The molecule has 0 aromatic heterocycles. The summed E-state index contributed by atoms with van der Waals surface area (Å²) in [6, 6.07) is 15.7. The van der Waals surface area contributed by atoms with Crippen LogP contribution in [0.5, 0.6) is 11.5 Å². The standard InChI is InChI=1S/C15H24O2.C14H16.C10H14O/c1-6-12(4)13-7-9-14(10-8-13)17-15(16-5)11(2)3;1-9-10(2)13-8-4-6-11-5-3-7-12(9)14(11)13;1-3-8(2)9-4-6-10(11)7-5-9/h7-12,15H,6H2,1-5H3;3-10,12,14H,1-2H3;4-8,11H,3H2,1-2H3. The van der Waals surface area contributed by atoms with Gasteiger partial charge < -0.3 is 14.6 Å². The van der Waals surface area contributed by atoms with Crippen LogP contribution in [-0.2, 0) is 4.74 Å². The minimum atomic E-state index is -0.176. The Kier molecular flexibility index (Phi) is 12.7. The van der Waals surface area contributed by atoms with Crippen molar-refractivity contribution in [3.8, 4) is 11.5 Å². The Morgan fingerprint density at radius 1 is 0.786 bits per heavy atom. The third-order valence-electron chi connectivity index (χ3n) is 9.39. The lowest BCUT2D eigenvalue weighted by Gasteiger charge is -2.25.